The molecule has 3 heteroatoms. The standard InChI is InChI=1S/C17H27NO2/c1-12-11-18-9-8-15(12)20-16-7-6-13(19-5)10-14(16)17(2,3)4/h6-7,10,12,15,18H,8-9,11H2,1-5H3. The Bertz CT molecular complexity index is 451. The molecule has 2 rings (SSSR count). The van der Waals surface area contributed by atoms with Gasteiger partial charge in [-0.25, -0.2) is 0 Å². The molecule has 20 heavy (non-hydrogen) atoms. The first-order valence-corrected chi connectivity index (χ1v) is 7.47. The summed E-state index contributed by atoms with van der Waals surface area (Å²) in [6.45, 7) is 10.9. The number of methoxy groups -OCH3 is 1. The molecule has 0 aromatic heterocycles. The Morgan fingerprint density at radius 2 is 2.00 bits per heavy atom. The molecule has 3 nitrogen and oxygen atoms in total. The molecule has 0 aliphatic carbocycles. The van der Waals surface area contributed by atoms with E-state index >= 15 is 0 Å². The smallest absolute Gasteiger partial charge is 0.123 e. The zero-order valence-electron chi connectivity index (χ0n) is 13.3. The zero-order valence-corrected chi connectivity index (χ0v) is 13.3. The Kier molecular flexibility index (Phi) is 4.59. The summed E-state index contributed by atoms with van der Waals surface area (Å²) in [4.78, 5) is 0. The molecule has 1 fully saturated rings. The molecule has 1 saturated heterocycles. The molecule has 1 aromatic rings. The van der Waals surface area contributed by atoms with Crippen LogP contribution in [0.25, 0.3) is 0 Å². The van der Waals surface area contributed by atoms with Crippen molar-refractivity contribution in [3.05, 3.63) is 23.8 Å². The van der Waals surface area contributed by atoms with Crippen molar-refractivity contribution < 1.29 is 9.47 Å². The van der Waals surface area contributed by atoms with Gasteiger partial charge >= 0.3 is 0 Å². The summed E-state index contributed by atoms with van der Waals surface area (Å²) in [6, 6.07) is 6.13. The van der Waals surface area contributed by atoms with Gasteiger partial charge < -0.3 is 14.8 Å². The van der Waals surface area contributed by atoms with Crippen molar-refractivity contribution in [2.24, 2.45) is 5.92 Å². The van der Waals surface area contributed by atoms with Crippen molar-refractivity contribution >= 4 is 0 Å². The van der Waals surface area contributed by atoms with Crippen molar-refractivity contribution in [3.63, 3.8) is 0 Å². The van der Waals surface area contributed by atoms with E-state index < -0.39 is 0 Å². The summed E-state index contributed by atoms with van der Waals surface area (Å²) in [7, 11) is 1.71. The number of benzene rings is 1. The van der Waals surface area contributed by atoms with Crippen LogP contribution in [-0.2, 0) is 5.41 Å². The summed E-state index contributed by atoms with van der Waals surface area (Å²) in [6.07, 6.45) is 1.36. The van der Waals surface area contributed by atoms with Crippen LogP contribution < -0.4 is 14.8 Å². The highest BCUT2D eigenvalue weighted by Crippen LogP contribution is 2.35. The third-order valence-electron chi connectivity index (χ3n) is 3.98. The fourth-order valence-corrected chi connectivity index (χ4v) is 2.65. The summed E-state index contributed by atoms with van der Waals surface area (Å²) >= 11 is 0. The highest BCUT2D eigenvalue weighted by molar-refractivity contribution is 5.44. The fourth-order valence-electron chi connectivity index (χ4n) is 2.65. The molecular formula is C17H27NO2. The van der Waals surface area contributed by atoms with Crippen LogP contribution in [0.2, 0.25) is 0 Å². The Morgan fingerprint density at radius 1 is 1.25 bits per heavy atom. The minimum atomic E-state index is 0.0417. The predicted molar refractivity (Wildman–Crippen MR) is 82.8 cm³/mol. The van der Waals surface area contributed by atoms with Crippen molar-refractivity contribution in [1.29, 1.82) is 0 Å². The number of ether oxygens (including phenoxy) is 2. The minimum Gasteiger partial charge on any atom is -0.497 e. The predicted octanol–water partition coefficient (Wildman–Crippen LogP) is 3.37. The lowest BCUT2D eigenvalue weighted by Crippen LogP contribution is -2.41. The van der Waals surface area contributed by atoms with E-state index in [1.807, 2.05) is 12.1 Å². The van der Waals surface area contributed by atoms with Crippen molar-refractivity contribution in [1.82, 2.24) is 5.32 Å². The van der Waals surface area contributed by atoms with Gasteiger partial charge in [0.1, 0.15) is 17.6 Å². The number of hydrogen-bond acceptors (Lipinski definition) is 3. The van der Waals surface area contributed by atoms with E-state index in [4.69, 9.17) is 9.47 Å². The average Bonchev–Trinajstić information content (AvgIpc) is 2.40. The molecule has 0 radical (unpaired) electrons. The SMILES string of the molecule is COc1ccc(OC2CCNCC2C)c(C(C)(C)C)c1. The first-order chi connectivity index (χ1) is 9.41. The number of hydrogen-bond donors (Lipinski definition) is 1. The number of piperidine rings is 1. The minimum absolute atomic E-state index is 0.0417. The molecule has 1 heterocycles. The summed E-state index contributed by atoms with van der Waals surface area (Å²) in [5, 5.41) is 3.41. The maximum atomic E-state index is 6.33. The highest BCUT2D eigenvalue weighted by atomic mass is 16.5. The number of rotatable bonds is 3. The molecule has 1 aromatic carbocycles. The molecular weight excluding hydrogens is 250 g/mol. The third kappa shape index (κ3) is 3.45. The van der Waals surface area contributed by atoms with E-state index in [1.165, 1.54) is 5.56 Å². The second-order valence-electron chi connectivity index (χ2n) is 6.74. The quantitative estimate of drug-likeness (QED) is 0.919. The largest absolute Gasteiger partial charge is 0.497 e. The van der Waals surface area contributed by atoms with Crippen LogP contribution in [0.4, 0.5) is 0 Å². The van der Waals surface area contributed by atoms with Crippen LogP contribution in [0.1, 0.15) is 39.7 Å². The zero-order chi connectivity index (χ0) is 14.8. The van der Waals surface area contributed by atoms with Gasteiger partial charge in [-0.15, -0.1) is 0 Å². The van der Waals surface area contributed by atoms with Gasteiger partial charge in [0.15, 0.2) is 0 Å². The van der Waals surface area contributed by atoms with Gasteiger partial charge in [0.25, 0.3) is 0 Å². The first kappa shape index (κ1) is 15.2. The highest BCUT2D eigenvalue weighted by Gasteiger charge is 2.26. The van der Waals surface area contributed by atoms with Gasteiger partial charge in [-0.3, -0.25) is 0 Å². The normalized spacial score (nSPS) is 23.4. The first-order valence-electron chi connectivity index (χ1n) is 7.47. The summed E-state index contributed by atoms with van der Waals surface area (Å²) in [5.74, 6) is 2.43. The van der Waals surface area contributed by atoms with E-state index in [0.29, 0.717) is 12.0 Å². The van der Waals surface area contributed by atoms with Crippen LogP contribution in [-0.4, -0.2) is 26.3 Å². The molecule has 2 atom stereocenters. The monoisotopic (exact) mass is 277 g/mol. The van der Waals surface area contributed by atoms with E-state index in [0.717, 1.165) is 31.0 Å². The van der Waals surface area contributed by atoms with Gasteiger partial charge in [-0.05, 0) is 36.6 Å². The van der Waals surface area contributed by atoms with Crippen molar-refractivity contribution in [2.45, 2.75) is 45.6 Å². The molecule has 0 amide bonds. The lowest BCUT2D eigenvalue weighted by atomic mass is 9.86. The van der Waals surface area contributed by atoms with E-state index in [1.54, 1.807) is 7.11 Å². The van der Waals surface area contributed by atoms with Crippen LogP contribution in [0, 0.1) is 5.92 Å². The second kappa shape index (κ2) is 6.04. The molecule has 2 unspecified atom stereocenters. The third-order valence-corrected chi connectivity index (χ3v) is 3.98. The van der Waals surface area contributed by atoms with Crippen LogP contribution in [0.3, 0.4) is 0 Å². The maximum absolute atomic E-state index is 6.33. The van der Waals surface area contributed by atoms with E-state index in [9.17, 15) is 0 Å². The molecule has 0 spiro atoms. The second-order valence-corrected chi connectivity index (χ2v) is 6.74. The Labute approximate surface area is 122 Å². The lowest BCUT2D eigenvalue weighted by Gasteiger charge is -2.32. The van der Waals surface area contributed by atoms with Gasteiger partial charge in [-0.1, -0.05) is 27.7 Å². The average molecular weight is 277 g/mol. The number of nitrogens with one attached hydrogen (secondary N) is 1. The van der Waals surface area contributed by atoms with E-state index in [2.05, 4.69) is 39.1 Å². The molecule has 1 N–H and O–H groups in total. The topological polar surface area (TPSA) is 30.5 Å². The fraction of sp³-hybridized carbons (Fsp3) is 0.647. The van der Waals surface area contributed by atoms with Gasteiger partial charge in [0, 0.05) is 18.0 Å². The van der Waals surface area contributed by atoms with Crippen molar-refractivity contribution in [3.8, 4) is 11.5 Å². The molecule has 1 aliphatic heterocycles. The Morgan fingerprint density at radius 3 is 2.60 bits per heavy atom. The van der Waals surface area contributed by atoms with Crippen LogP contribution in [0.15, 0.2) is 18.2 Å². The summed E-state index contributed by atoms with van der Waals surface area (Å²) in [5.41, 5.74) is 1.25. The molecule has 0 bridgehead atoms. The molecule has 1 aliphatic rings. The lowest BCUT2D eigenvalue weighted by molar-refractivity contribution is 0.109. The summed E-state index contributed by atoms with van der Waals surface area (Å²) < 4.78 is 11.7. The van der Waals surface area contributed by atoms with Gasteiger partial charge in [-0.2, -0.15) is 0 Å². The van der Waals surface area contributed by atoms with Crippen LogP contribution >= 0.6 is 0 Å². The van der Waals surface area contributed by atoms with Gasteiger partial charge in [0.05, 0.1) is 7.11 Å². The molecule has 112 valence electrons. The van der Waals surface area contributed by atoms with Crippen LogP contribution in [0.5, 0.6) is 11.5 Å². The maximum Gasteiger partial charge on any atom is 0.123 e. The Balaban J connectivity index is 2.26. The van der Waals surface area contributed by atoms with Crippen molar-refractivity contribution in [2.75, 3.05) is 20.2 Å². The Hall–Kier alpha value is -1.22. The molecule has 0 saturated carbocycles. The van der Waals surface area contributed by atoms with E-state index in [-0.39, 0.29) is 5.41 Å². The van der Waals surface area contributed by atoms with Gasteiger partial charge in [0.2, 0.25) is 0 Å².